The predicted molar refractivity (Wildman–Crippen MR) is 71.2 cm³/mol. The third-order valence-corrected chi connectivity index (χ3v) is 4.64. The number of carboxylic acid groups (broad SMARTS) is 1. The largest absolute Gasteiger partial charge is 0.478 e. The van der Waals surface area contributed by atoms with Crippen molar-refractivity contribution in [3.63, 3.8) is 0 Å². The Balaban J connectivity index is 1.97. The Kier molecular flexibility index (Phi) is 2.99. The van der Waals surface area contributed by atoms with Crippen molar-refractivity contribution in [3.8, 4) is 0 Å². The van der Waals surface area contributed by atoms with E-state index in [-0.39, 0.29) is 5.56 Å². The van der Waals surface area contributed by atoms with Crippen LogP contribution in [0.4, 0.5) is 0 Å². The Labute approximate surface area is 109 Å². The first-order valence-electron chi connectivity index (χ1n) is 6.07. The quantitative estimate of drug-likeness (QED) is 0.904. The normalized spacial score (nSPS) is 20.1. The van der Waals surface area contributed by atoms with Gasteiger partial charge in [0.1, 0.15) is 5.65 Å². The second kappa shape index (κ2) is 4.65. The fourth-order valence-electron chi connectivity index (χ4n) is 2.26. The number of carbonyl (C=O) groups is 1. The molecule has 0 saturated carbocycles. The summed E-state index contributed by atoms with van der Waals surface area (Å²) in [6, 6.07) is 3.23. The van der Waals surface area contributed by atoms with Gasteiger partial charge in [-0.05, 0) is 30.7 Å². The summed E-state index contributed by atoms with van der Waals surface area (Å²) in [6.45, 7) is 0. The lowest BCUT2D eigenvalue weighted by molar-refractivity contribution is 0.0697. The van der Waals surface area contributed by atoms with E-state index in [0.717, 1.165) is 11.3 Å². The van der Waals surface area contributed by atoms with Crippen molar-refractivity contribution in [1.29, 1.82) is 0 Å². The second-order valence-electron chi connectivity index (χ2n) is 4.51. The number of hydrogen-bond donors (Lipinski definition) is 1. The van der Waals surface area contributed by atoms with E-state index in [4.69, 9.17) is 5.11 Å². The molecule has 0 bridgehead atoms. The Morgan fingerprint density at radius 3 is 3.11 bits per heavy atom. The van der Waals surface area contributed by atoms with Crippen LogP contribution in [0.25, 0.3) is 5.65 Å². The van der Waals surface area contributed by atoms with Crippen LogP contribution in [0, 0.1) is 0 Å². The number of fused-ring (bicyclic) bond motifs is 1. The van der Waals surface area contributed by atoms with E-state index in [1.165, 1.54) is 25.0 Å². The smallest absolute Gasteiger partial charge is 0.335 e. The average Bonchev–Trinajstić information content (AvgIpc) is 2.82. The maximum Gasteiger partial charge on any atom is 0.335 e. The number of nitrogens with zero attached hydrogens (tertiary/aromatic N) is 2. The fraction of sp³-hybridized carbons (Fsp3) is 0.385. The third-order valence-electron chi connectivity index (χ3n) is 3.24. The molecular formula is C13H14N2O2S. The predicted octanol–water partition coefficient (Wildman–Crippen LogP) is 2.99. The van der Waals surface area contributed by atoms with Crippen LogP contribution in [0.15, 0.2) is 24.5 Å². The Bertz CT molecular complexity index is 588. The highest BCUT2D eigenvalue weighted by Gasteiger charge is 2.19. The molecule has 0 amide bonds. The highest BCUT2D eigenvalue weighted by Crippen LogP contribution is 2.37. The minimum absolute atomic E-state index is 0.288. The molecular weight excluding hydrogens is 248 g/mol. The van der Waals surface area contributed by atoms with Crippen LogP contribution >= 0.6 is 11.8 Å². The molecule has 1 saturated heterocycles. The van der Waals surface area contributed by atoms with Crippen LogP contribution in [0.5, 0.6) is 0 Å². The number of thioether (sulfide) groups is 1. The topological polar surface area (TPSA) is 54.6 Å². The molecule has 1 N–H and O–H groups in total. The van der Waals surface area contributed by atoms with Gasteiger partial charge in [-0.15, -0.1) is 0 Å². The van der Waals surface area contributed by atoms with Gasteiger partial charge < -0.3 is 9.51 Å². The van der Waals surface area contributed by atoms with Gasteiger partial charge in [0.05, 0.1) is 11.3 Å². The van der Waals surface area contributed by atoms with E-state index in [0.29, 0.717) is 5.25 Å². The number of aromatic nitrogens is 2. The minimum atomic E-state index is -0.908. The SMILES string of the molecule is O=C(O)c1ccn2cc(C3CCCCS3)nc2c1. The lowest BCUT2D eigenvalue weighted by atomic mass is 10.1. The van der Waals surface area contributed by atoms with Crippen LogP contribution in [0.3, 0.4) is 0 Å². The summed E-state index contributed by atoms with van der Waals surface area (Å²) in [5.41, 5.74) is 2.08. The first kappa shape index (κ1) is 11.6. The molecule has 0 aromatic carbocycles. The van der Waals surface area contributed by atoms with Crippen molar-refractivity contribution in [2.24, 2.45) is 0 Å². The Morgan fingerprint density at radius 2 is 2.39 bits per heavy atom. The summed E-state index contributed by atoms with van der Waals surface area (Å²) in [5.74, 6) is 0.285. The lowest BCUT2D eigenvalue weighted by Gasteiger charge is -2.18. The summed E-state index contributed by atoms with van der Waals surface area (Å²) < 4.78 is 1.90. The minimum Gasteiger partial charge on any atom is -0.478 e. The van der Waals surface area contributed by atoms with Gasteiger partial charge in [0, 0.05) is 17.6 Å². The summed E-state index contributed by atoms with van der Waals surface area (Å²) >= 11 is 1.95. The van der Waals surface area contributed by atoms with Gasteiger partial charge >= 0.3 is 5.97 Å². The molecule has 18 heavy (non-hydrogen) atoms. The zero-order valence-electron chi connectivity index (χ0n) is 9.87. The molecule has 0 aliphatic carbocycles. The van der Waals surface area contributed by atoms with Gasteiger partial charge in [0.25, 0.3) is 0 Å². The van der Waals surface area contributed by atoms with Gasteiger partial charge in [-0.3, -0.25) is 0 Å². The summed E-state index contributed by atoms with van der Waals surface area (Å²) in [4.78, 5) is 15.5. The van der Waals surface area contributed by atoms with Crippen molar-refractivity contribution < 1.29 is 9.90 Å². The van der Waals surface area contributed by atoms with E-state index in [9.17, 15) is 4.79 Å². The van der Waals surface area contributed by atoms with Gasteiger partial charge in [0.2, 0.25) is 0 Å². The highest BCUT2D eigenvalue weighted by molar-refractivity contribution is 7.99. The van der Waals surface area contributed by atoms with Crippen molar-refractivity contribution in [2.45, 2.75) is 24.5 Å². The fourth-order valence-corrected chi connectivity index (χ4v) is 3.54. The summed E-state index contributed by atoms with van der Waals surface area (Å²) in [5, 5.41) is 9.42. The maximum absolute atomic E-state index is 10.9. The van der Waals surface area contributed by atoms with Crippen molar-refractivity contribution in [3.05, 3.63) is 35.8 Å². The average molecular weight is 262 g/mol. The molecule has 2 aromatic heterocycles. The van der Waals surface area contributed by atoms with E-state index < -0.39 is 5.97 Å². The van der Waals surface area contributed by atoms with Crippen LogP contribution < -0.4 is 0 Å². The van der Waals surface area contributed by atoms with Crippen molar-refractivity contribution in [2.75, 3.05) is 5.75 Å². The number of carboxylic acids is 1. The number of pyridine rings is 1. The van der Waals surface area contributed by atoms with E-state index >= 15 is 0 Å². The molecule has 1 atom stereocenters. The molecule has 1 aliphatic rings. The number of aromatic carboxylic acids is 1. The maximum atomic E-state index is 10.9. The van der Waals surface area contributed by atoms with Crippen LogP contribution in [-0.2, 0) is 0 Å². The first-order valence-corrected chi connectivity index (χ1v) is 7.12. The number of hydrogen-bond acceptors (Lipinski definition) is 3. The van der Waals surface area contributed by atoms with Crippen molar-refractivity contribution in [1.82, 2.24) is 9.38 Å². The molecule has 2 aromatic rings. The molecule has 3 rings (SSSR count). The standard InChI is InChI=1S/C13H14N2O2S/c16-13(17)9-4-5-15-8-10(14-12(15)7-9)11-3-1-2-6-18-11/h4-5,7-8,11H,1-3,6H2,(H,16,17). The Morgan fingerprint density at radius 1 is 1.50 bits per heavy atom. The summed E-state index contributed by atoms with van der Waals surface area (Å²) in [7, 11) is 0. The lowest BCUT2D eigenvalue weighted by Crippen LogP contribution is -2.02. The van der Waals surface area contributed by atoms with Gasteiger partial charge in [-0.1, -0.05) is 6.42 Å². The highest BCUT2D eigenvalue weighted by atomic mass is 32.2. The molecule has 5 heteroatoms. The van der Waals surface area contributed by atoms with Crippen LogP contribution in [0.2, 0.25) is 0 Å². The Hall–Kier alpha value is -1.49. The second-order valence-corrected chi connectivity index (χ2v) is 5.82. The molecule has 1 aliphatic heterocycles. The zero-order chi connectivity index (χ0) is 12.5. The molecule has 1 unspecified atom stereocenters. The van der Waals surface area contributed by atoms with Crippen molar-refractivity contribution >= 4 is 23.4 Å². The molecule has 94 valence electrons. The zero-order valence-corrected chi connectivity index (χ0v) is 10.7. The van der Waals surface area contributed by atoms with Crippen LogP contribution in [-0.4, -0.2) is 26.2 Å². The number of rotatable bonds is 2. The first-order chi connectivity index (χ1) is 8.74. The van der Waals surface area contributed by atoms with Gasteiger partial charge in [0.15, 0.2) is 0 Å². The molecule has 0 spiro atoms. The molecule has 3 heterocycles. The van der Waals surface area contributed by atoms with Gasteiger partial charge in [-0.25, -0.2) is 9.78 Å². The molecule has 4 nitrogen and oxygen atoms in total. The third kappa shape index (κ3) is 2.10. The monoisotopic (exact) mass is 262 g/mol. The molecule has 1 fully saturated rings. The van der Waals surface area contributed by atoms with E-state index in [2.05, 4.69) is 4.98 Å². The number of imidazole rings is 1. The van der Waals surface area contributed by atoms with E-state index in [1.54, 1.807) is 18.3 Å². The summed E-state index contributed by atoms with van der Waals surface area (Å²) in [6.07, 6.45) is 7.50. The van der Waals surface area contributed by atoms with E-state index in [1.807, 2.05) is 22.4 Å². The van der Waals surface area contributed by atoms with Gasteiger partial charge in [-0.2, -0.15) is 11.8 Å². The van der Waals surface area contributed by atoms with Crippen LogP contribution in [0.1, 0.15) is 40.6 Å². The molecule has 0 radical (unpaired) electrons.